The van der Waals surface area contributed by atoms with Crippen molar-refractivity contribution in [2.45, 2.75) is 114 Å². The number of rotatable bonds is 8. The third-order valence-corrected chi connectivity index (χ3v) is 11.0. The molecule has 6 rings (SSSR count). The van der Waals surface area contributed by atoms with E-state index in [9.17, 15) is 19.8 Å². The lowest BCUT2D eigenvalue weighted by atomic mass is 9.79. The van der Waals surface area contributed by atoms with E-state index in [1.807, 2.05) is 84.9 Å². The van der Waals surface area contributed by atoms with Gasteiger partial charge in [-0.1, -0.05) is 136 Å². The van der Waals surface area contributed by atoms with Gasteiger partial charge in [0.15, 0.2) is 0 Å². The molecule has 6 heteroatoms. The van der Waals surface area contributed by atoms with Crippen molar-refractivity contribution in [3.63, 3.8) is 0 Å². The minimum Gasteiger partial charge on any atom is -0.387 e. The molecule has 2 amide bonds. The largest absolute Gasteiger partial charge is 0.387 e. The molecule has 2 saturated carbocycles. The summed E-state index contributed by atoms with van der Waals surface area (Å²) in [6, 6.07) is 26.7. The average molecular weight is 635 g/mol. The van der Waals surface area contributed by atoms with Gasteiger partial charge in [0.2, 0.25) is 11.8 Å². The van der Waals surface area contributed by atoms with Crippen molar-refractivity contribution >= 4 is 33.4 Å². The first kappa shape index (κ1) is 33.2. The van der Waals surface area contributed by atoms with Crippen LogP contribution in [0.5, 0.6) is 0 Å². The van der Waals surface area contributed by atoms with Gasteiger partial charge in [0.1, 0.15) is 5.41 Å². The van der Waals surface area contributed by atoms with Crippen LogP contribution in [0.15, 0.2) is 84.9 Å². The van der Waals surface area contributed by atoms with Crippen molar-refractivity contribution in [2.24, 2.45) is 5.41 Å². The number of hydrogen-bond acceptors (Lipinski definition) is 4. The van der Waals surface area contributed by atoms with Crippen LogP contribution in [-0.4, -0.2) is 33.2 Å². The van der Waals surface area contributed by atoms with Crippen LogP contribution in [0.1, 0.15) is 114 Å². The van der Waals surface area contributed by atoms with E-state index < -0.39 is 40.5 Å². The van der Waals surface area contributed by atoms with Crippen molar-refractivity contribution in [3.8, 4) is 0 Å². The highest BCUT2D eigenvalue weighted by Gasteiger charge is 2.46. The fraction of sp³-hybridized carbons (Fsp3) is 0.463. The van der Waals surface area contributed by atoms with Crippen molar-refractivity contribution in [1.29, 1.82) is 0 Å². The van der Waals surface area contributed by atoms with Crippen LogP contribution in [-0.2, 0) is 9.59 Å². The summed E-state index contributed by atoms with van der Waals surface area (Å²) >= 11 is 0. The standard InChI is InChI=1S/C41H50N2O4/c1-39(2,37(44)42-35(40(46)25-11-3-4-12-26-40)33-23-15-19-29-17-7-9-21-31(29)33)38(45)43-36(41(47)27-13-5-6-14-28-41)34-24-16-20-30-18-8-10-22-32(30)34/h7-10,15-24,35-36,46-47H,3-6,11-14,25-28H2,1-2H3,(H,42,44)(H,43,45)/t35-,36-/m0/s1. The van der Waals surface area contributed by atoms with E-state index in [-0.39, 0.29) is 0 Å². The Balaban J connectivity index is 1.34. The van der Waals surface area contributed by atoms with E-state index in [4.69, 9.17) is 0 Å². The number of nitrogens with one attached hydrogen (secondary N) is 2. The number of carbonyl (C=O) groups excluding carboxylic acids is 2. The number of aliphatic hydroxyl groups is 2. The highest BCUT2D eigenvalue weighted by atomic mass is 16.3. The average Bonchev–Trinajstić information content (AvgIpc) is 3.45. The van der Waals surface area contributed by atoms with Gasteiger partial charge in [-0.3, -0.25) is 9.59 Å². The van der Waals surface area contributed by atoms with E-state index in [1.165, 1.54) is 0 Å². The lowest BCUT2D eigenvalue weighted by Gasteiger charge is -2.40. The van der Waals surface area contributed by atoms with E-state index in [0.717, 1.165) is 84.0 Å². The van der Waals surface area contributed by atoms with Gasteiger partial charge in [0, 0.05) is 0 Å². The van der Waals surface area contributed by atoms with Gasteiger partial charge >= 0.3 is 0 Å². The summed E-state index contributed by atoms with van der Waals surface area (Å²) in [6.07, 6.45) is 9.99. The molecule has 2 aliphatic carbocycles. The summed E-state index contributed by atoms with van der Waals surface area (Å²) in [5, 5.41) is 35.0. The maximum Gasteiger partial charge on any atom is 0.235 e. The second-order valence-corrected chi connectivity index (χ2v) is 14.6. The summed E-state index contributed by atoms with van der Waals surface area (Å²) in [5.74, 6) is -0.898. The second-order valence-electron chi connectivity index (χ2n) is 14.6. The SMILES string of the molecule is CC(C)(C(=O)N[C@@H](c1cccc2ccccc12)C1(O)CCCCCC1)C(=O)N[C@@H](c1cccc2ccccc12)C1(O)CCCCCC1. The summed E-state index contributed by atoms with van der Waals surface area (Å²) in [4.78, 5) is 28.8. The molecule has 0 radical (unpaired) electrons. The van der Waals surface area contributed by atoms with Crippen LogP contribution in [0.3, 0.4) is 0 Å². The molecule has 4 aromatic carbocycles. The molecular weight excluding hydrogens is 584 g/mol. The first-order valence-electron chi connectivity index (χ1n) is 17.6. The second kappa shape index (κ2) is 13.8. The Morgan fingerprint density at radius 1 is 0.553 bits per heavy atom. The molecule has 0 spiro atoms. The molecule has 0 unspecified atom stereocenters. The van der Waals surface area contributed by atoms with Crippen LogP contribution in [0, 0.1) is 5.41 Å². The molecule has 0 saturated heterocycles. The number of fused-ring (bicyclic) bond motifs is 2. The van der Waals surface area contributed by atoms with Gasteiger partial charge < -0.3 is 20.8 Å². The monoisotopic (exact) mass is 634 g/mol. The van der Waals surface area contributed by atoms with Crippen LogP contribution >= 0.6 is 0 Å². The van der Waals surface area contributed by atoms with E-state index in [2.05, 4.69) is 10.6 Å². The number of carbonyl (C=O) groups is 2. The van der Waals surface area contributed by atoms with Crippen molar-refractivity contribution < 1.29 is 19.8 Å². The number of hydrogen-bond donors (Lipinski definition) is 4. The third-order valence-electron chi connectivity index (χ3n) is 11.0. The molecule has 47 heavy (non-hydrogen) atoms. The molecule has 248 valence electrons. The first-order chi connectivity index (χ1) is 22.6. The van der Waals surface area contributed by atoms with Gasteiger partial charge in [-0.05, 0) is 72.2 Å². The lowest BCUT2D eigenvalue weighted by molar-refractivity contribution is -0.145. The molecule has 0 aliphatic heterocycles. The number of benzene rings is 4. The lowest BCUT2D eigenvalue weighted by Crippen LogP contribution is -2.55. The van der Waals surface area contributed by atoms with Crippen LogP contribution in [0.4, 0.5) is 0 Å². The maximum atomic E-state index is 14.4. The quantitative estimate of drug-likeness (QED) is 0.116. The third kappa shape index (κ3) is 6.81. The van der Waals surface area contributed by atoms with Crippen LogP contribution in [0.25, 0.3) is 21.5 Å². The van der Waals surface area contributed by atoms with Gasteiger partial charge in [-0.25, -0.2) is 0 Å². The Hall–Kier alpha value is -3.74. The zero-order chi connectivity index (χ0) is 33.1. The minimum absolute atomic E-state index is 0.449. The van der Waals surface area contributed by atoms with Gasteiger partial charge in [0.25, 0.3) is 0 Å². The van der Waals surface area contributed by atoms with E-state index >= 15 is 0 Å². The van der Waals surface area contributed by atoms with Crippen LogP contribution in [0.2, 0.25) is 0 Å². The zero-order valence-corrected chi connectivity index (χ0v) is 27.9. The molecule has 4 aromatic rings. The normalized spacial score (nSPS) is 19.7. The molecule has 0 heterocycles. The smallest absolute Gasteiger partial charge is 0.235 e. The molecule has 0 aromatic heterocycles. The Morgan fingerprint density at radius 3 is 1.28 bits per heavy atom. The van der Waals surface area contributed by atoms with E-state index in [1.54, 1.807) is 13.8 Å². The highest BCUT2D eigenvalue weighted by Crippen LogP contribution is 2.42. The molecule has 2 fully saturated rings. The van der Waals surface area contributed by atoms with Gasteiger partial charge in [0.05, 0.1) is 23.3 Å². The van der Waals surface area contributed by atoms with Gasteiger partial charge in [-0.2, -0.15) is 0 Å². The molecule has 2 atom stereocenters. The zero-order valence-electron chi connectivity index (χ0n) is 27.9. The van der Waals surface area contributed by atoms with Crippen molar-refractivity contribution in [2.75, 3.05) is 0 Å². The first-order valence-corrected chi connectivity index (χ1v) is 17.6. The van der Waals surface area contributed by atoms with Crippen molar-refractivity contribution in [1.82, 2.24) is 10.6 Å². The molecule has 4 N–H and O–H groups in total. The summed E-state index contributed by atoms with van der Waals surface area (Å²) in [5.41, 5.74) is -2.07. The topological polar surface area (TPSA) is 98.7 Å². The maximum absolute atomic E-state index is 14.4. The predicted octanol–water partition coefficient (Wildman–Crippen LogP) is 8.20. The molecule has 0 bridgehead atoms. The summed E-state index contributed by atoms with van der Waals surface area (Å²) < 4.78 is 0. The fourth-order valence-corrected chi connectivity index (χ4v) is 7.99. The Bertz CT molecular complexity index is 1580. The Morgan fingerprint density at radius 2 is 0.894 bits per heavy atom. The van der Waals surface area contributed by atoms with Crippen molar-refractivity contribution in [3.05, 3.63) is 96.1 Å². The fourth-order valence-electron chi connectivity index (χ4n) is 7.99. The molecule has 6 nitrogen and oxygen atoms in total. The summed E-state index contributed by atoms with van der Waals surface area (Å²) in [7, 11) is 0. The Kier molecular flexibility index (Phi) is 9.72. The number of amides is 2. The molecular formula is C41H50N2O4. The predicted molar refractivity (Wildman–Crippen MR) is 189 cm³/mol. The minimum atomic E-state index is -1.49. The van der Waals surface area contributed by atoms with Gasteiger partial charge in [-0.15, -0.1) is 0 Å². The Labute approximate surface area is 279 Å². The molecule has 2 aliphatic rings. The van der Waals surface area contributed by atoms with Crippen LogP contribution < -0.4 is 10.6 Å². The van der Waals surface area contributed by atoms with E-state index in [0.29, 0.717) is 25.7 Å². The highest BCUT2D eigenvalue weighted by molar-refractivity contribution is 6.05. The summed E-state index contributed by atoms with van der Waals surface area (Å²) in [6.45, 7) is 3.29.